The Bertz CT molecular complexity index is 700. The van der Waals surface area contributed by atoms with E-state index in [1.165, 1.54) is 97.6 Å². The molecule has 2 aromatic carbocycles. The standard InChI is InChI=1S/C29H42/c1-22(2)11-7-5-9-13-24-15-17-26-21-27-18-16-25(20-29(27)28(26)19-24)14-10-6-8-12-23(3)4/h15-20,22-23H,5-14,21H2,1-4H3. The van der Waals surface area contributed by atoms with Crippen molar-refractivity contribution in [3.8, 4) is 11.1 Å². The second kappa shape index (κ2) is 11.0. The van der Waals surface area contributed by atoms with Gasteiger partial charge in [-0.05, 0) is 77.3 Å². The maximum Gasteiger partial charge on any atom is -0.00134 e. The monoisotopic (exact) mass is 390 g/mol. The number of fused-ring (bicyclic) bond motifs is 3. The van der Waals surface area contributed by atoms with Crippen molar-refractivity contribution in [2.24, 2.45) is 11.8 Å². The van der Waals surface area contributed by atoms with Crippen LogP contribution in [-0.4, -0.2) is 0 Å². The van der Waals surface area contributed by atoms with Crippen LogP contribution >= 0.6 is 0 Å². The molecule has 158 valence electrons. The molecule has 0 saturated heterocycles. The van der Waals surface area contributed by atoms with Gasteiger partial charge in [0.15, 0.2) is 0 Å². The number of aryl methyl sites for hydroxylation is 2. The van der Waals surface area contributed by atoms with E-state index in [1.807, 2.05) is 0 Å². The molecule has 0 unspecified atom stereocenters. The average molecular weight is 391 g/mol. The van der Waals surface area contributed by atoms with Gasteiger partial charge in [0, 0.05) is 0 Å². The molecule has 1 aliphatic carbocycles. The van der Waals surface area contributed by atoms with Crippen molar-refractivity contribution >= 4 is 0 Å². The van der Waals surface area contributed by atoms with Gasteiger partial charge in [-0.2, -0.15) is 0 Å². The molecule has 2 aromatic rings. The summed E-state index contributed by atoms with van der Waals surface area (Å²) in [7, 11) is 0. The molecule has 3 rings (SSSR count). The molecule has 0 aliphatic heterocycles. The first-order valence-corrected chi connectivity index (χ1v) is 12.3. The molecule has 1 aliphatic rings. The van der Waals surface area contributed by atoms with E-state index in [-0.39, 0.29) is 0 Å². The lowest BCUT2D eigenvalue weighted by Gasteiger charge is -2.09. The molecular formula is C29H42. The van der Waals surface area contributed by atoms with Crippen molar-refractivity contribution in [2.75, 3.05) is 0 Å². The second-order valence-electron chi connectivity index (χ2n) is 10.1. The van der Waals surface area contributed by atoms with Gasteiger partial charge in [-0.15, -0.1) is 0 Å². The van der Waals surface area contributed by atoms with Crippen LogP contribution in [0, 0.1) is 11.8 Å². The minimum absolute atomic E-state index is 0.843. The first-order chi connectivity index (χ1) is 14.0. The van der Waals surface area contributed by atoms with Crippen LogP contribution in [0.2, 0.25) is 0 Å². The quantitative estimate of drug-likeness (QED) is 0.271. The normalized spacial score (nSPS) is 12.6. The predicted molar refractivity (Wildman–Crippen MR) is 129 cm³/mol. The van der Waals surface area contributed by atoms with Gasteiger partial charge in [-0.3, -0.25) is 0 Å². The highest BCUT2D eigenvalue weighted by molar-refractivity contribution is 5.77. The van der Waals surface area contributed by atoms with Gasteiger partial charge in [0.05, 0.1) is 0 Å². The summed E-state index contributed by atoms with van der Waals surface area (Å²) in [6, 6.07) is 14.5. The van der Waals surface area contributed by atoms with Crippen LogP contribution < -0.4 is 0 Å². The number of unbranched alkanes of at least 4 members (excludes halogenated alkanes) is 4. The zero-order chi connectivity index (χ0) is 20.6. The van der Waals surface area contributed by atoms with Crippen LogP contribution in [0.1, 0.15) is 101 Å². The number of rotatable bonds is 12. The largest absolute Gasteiger partial charge is 0.0628 e. The van der Waals surface area contributed by atoms with Gasteiger partial charge < -0.3 is 0 Å². The zero-order valence-corrected chi connectivity index (χ0v) is 19.4. The smallest absolute Gasteiger partial charge is 0.00134 e. The third kappa shape index (κ3) is 6.73. The summed E-state index contributed by atoms with van der Waals surface area (Å²) in [6.07, 6.45) is 14.5. The van der Waals surface area contributed by atoms with Crippen LogP contribution in [0.15, 0.2) is 36.4 Å². The molecular weight excluding hydrogens is 348 g/mol. The van der Waals surface area contributed by atoms with Crippen LogP contribution in [0.4, 0.5) is 0 Å². The highest BCUT2D eigenvalue weighted by atomic mass is 14.2. The van der Waals surface area contributed by atoms with Crippen LogP contribution in [0.5, 0.6) is 0 Å². The molecule has 0 fully saturated rings. The molecule has 0 radical (unpaired) electrons. The summed E-state index contributed by atoms with van der Waals surface area (Å²) < 4.78 is 0. The Morgan fingerprint density at radius 1 is 0.586 bits per heavy atom. The van der Waals surface area contributed by atoms with Gasteiger partial charge in [0.1, 0.15) is 0 Å². The van der Waals surface area contributed by atoms with E-state index in [0.717, 1.165) is 18.3 Å². The lowest BCUT2D eigenvalue weighted by atomic mass is 9.96. The minimum atomic E-state index is 0.843. The second-order valence-corrected chi connectivity index (χ2v) is 10.1. The Hall–Kier alpha value is -1.56. The Morgan fingerprint density at radius 2 is 1.03 bits per heavy atom. The number of benzene rings is 2. The highest BCUT2D eigenvalue weighted by Crippen LogP contribution is 2.38. The van der Waals surface area contributed by atoms with Crippen molar-refractivity contribution in [3.63, 3.8) is 0 Å². The fourth-order valence-corrected chi connectivity index (χ4v) is 4.69. The summed E-state index contributed by atoms with van der Waals surface area (Å²) in [4.78, 5) is 0. The minimum Gasteiger partial charge on any atom is -0.0628 e. The first-order valence-electron chi connectivity index (χ1n) is 12.3. The maximum atomic E-state index is 2.50. The number of hydrogen-bond acceptors (Lipinski definition) is 0. The van der Waals surface area contributed by atoms with Gasteiger partial charge in [-0.1, -0.05) is 103 Å². The summed E-state index contributed by atoms with van der Waals surface area (Å²) in [5, 5.41) is 0. The van der Waals surface area contributed by atoms with Crippen LogP contribution in [-0.2, 0) is 19.3 Å². The van der Waals surface area contributed by atoms with Crippen molar-refractivity contribution in [3.05, 3.63) is 58.7 Å². The molecule has 0 N–H and O–H groups in total. The SMILES string of the molecule is CC(C)CCCCCc1ccc2c(c1)-c1cc(CCCCCC(C)C)ccc1C2. The maximum absolute atomic E-state index is 2.50. The third-order valence-corrected chi connectivity index (χ3v) is 6.51. The van der Waals surface area contributed by atoms with E-state index in [1.54, 1.807) is 0 Å². The van der Waals surface area contributed by atoms with E-state index < -0.39 is 0 Å². The van der Waals surface area contributed by atoms with Gasteiger partial charge in [-0.25, -0.2) is 0 Å². The topological polar surface area (TPSA) is 0 Å². The van der Waals surface area contributed by atoms with Gasteiger partial charge in [0.2, 0.25) is 0 Å². The van der Waals surface area contributed by atoms with E-state index >= 15 is 0 Å². The lowest BCUT2D eigenvalue weighted by molar-refractivity contribution is 0.527. The van der Waals surface area contributed by atoms with E-state index in [0.29, 0.717) is 0 Å². The van der Waals surface area contributed by atoms with E-state index in [4.69, 9.17) is 0 Å². The van der Waals surface area contributed by atoms with Crippen molar-refractivity contribution in [1.29, 1.82) is 0 Å². The Morgan fingerprint density at radius 3 is 1.45 bits per heavy atom. The number of hydrogen-bond donors (Lipinski definition) is 0. The summed E-state index contributed by atoms with van der Waals surface area (Å²) in [5.41, 5.74) is 9.14. The van der Waals surface area contributed by atoms with Crippen molar-refractivity contribution < 1.29 is 0 Å². The molecule has 0 heterocycles. The average Bonchev–Trinajstić information content (AvgIpc) is 3.04. The highest BCUT2D eigenvalue weighted by Gasteiger charge is 2.19. The molecule has 0 bridgehead atoms. The zero-order valence-electron chi connectivity index (χ0n) is 19.4. The van der Waals surface area contributed by atoms with Crippen LogP contribution in [0.25, 0.3) is 11.1 Å². The Balaban J connectivity index is 1.56. The summed E-state index contributed by atoms with van der Waals surface area (Å²) in [6.45, 7) is 9.32. The third-order valence-electron chi connectivity index (χ3n) is 6.51. The summed E-state index contributed by atoms with van der Waals surface area (Å²) in [5.74, 6) is 1.69. The fourth-order valence-electron chi connectivity index (χ4n) is 4.69. The van der Waals surface area contributed by atoms with Crippen LogP contribution in [0.3, 0.4) is 0 Å². The van der Waals surface area contributed by atoms with E-state index in [9.17, 15) is 0 Å². The fraction of sp³-hybridized carbons (Fsp3) is 0.586. The van der Waals surface area contributed by atoms with Gasteiger partial charge >= 0.3 is 0 Å². The van der Waals surface area contributed by atoms with Crippen molar-refractivity contribution in [2.45, 2.75) is 98.3 Å². The molecule has 0 amide bonds. The molecule has 0 heteroatoms. The Labute approximate surface area is 180 Å². The molecule has 0 saturated carbocycles. The first kappa shape index (κ1) is 22.1. The summed E-state index contributed by atoms with van der Waals surface area (Å²) >= 11 is 0. The molecule has 29 heavy (non-hydrogen) atoms. The lowest BCUT2D eigenvalue weighted by Crippen LogP contribution is -1.91. The molecule has 0 atom stereocenters. The molecule has 0 nitrogen and oxygen atoms in total. The van der Waals surface area contributed by atoms with Gasteiger partial charge in [0.25, 0.3) is 0 Å². The molecule has 0 spiro atoms. The predicted octanol–water partition coefficient (Wildman–Crippen LogP) is 8.78. The Kier molecular flexibility index (Phi) is 8.40. The molecule has 0 aromatic heterocycles. The van der Waals surface area contributed by atoms with E-state index in [2.05, 4.69) is 64.1 Å². The van der Waals surface area contributed by atoms with Crippen molar-refractivity contribution in [1.82, 2.24) is 0 Å².